The van der Waals surface area contributed by atoms with Crippen LogP contribution in [0.5, 0.6) is 11.5 Å². The SMILES string of the molecule is CCCCc1cc(O)c(C)cc1O. The highest BCUT2D eigenvalue weighted by Crippen LogP contribution is 2.27. The molecule has 0 saturated carbocycles. The van der Waals surface area contributed by atoms with Crippen molar-refractivity contribution in [3.8, 4) is 11.5 Å². The summed E-state index contributed by atoms with van der Waals surface area (Å²) in [7, 11) is 0. The van der Waals surface area contributed by atoms with Gasteiger partial charge in [0, 0.05) is 0 Å². The number of aryl methyl sites for hydroxylation is 2. The Labute approximate surface area is 78.8 Å². The lowest BCUT2D eigenvalue weighted by atomic mass is 10.0. The predicted octanol–water partition coefficient (Wildman–Crippen LogP) is 2.75. The number of hydrogen-bond acceptors (Lipinski definition) is 2. The molecule has 1 aromatic carbocycles. The van der Waals surface area contributed by atoms with Gasteiger partial charge in [0.2, 0.25) is 0 Å². The summed E-state index contributed by atoms with van der Waals surface area (Å²) in [6.45, 7) is 3.88. The molecule has 0 unspecified atom stereocenters. The Bertz CT molecular complexity index is 292. The lowest BCUT2D eigenvalue weighted by Gasteiger charge is -2.06. The zero-order valence-electron chi connectivity index (χ0n) is 8.17. The van der Waals surface area contributed by atoms with E-state index in [1.54, 1.807) is 19.1 Å². The van der Waals surface area contributed by atoms with Gasteiger partial charge in [-0.05, 0) is 43.0 Å². The molecule has 2 N–H and O–H groups in total. The Kier molecular flexibility index (Phi) is 3.18. The average Bonchev–Trinajstić information content (AvgIpc) is 2.09. The van der Waals surface area contributed by atoms with E-state index in [9.17, 15) is 10.2 Å². The molecular weight excluding hydrogens is 164 g/mol. The average molecular weight is 180 g/mol. The first-order valence-corrected chi connectivity index (χ1v) is 4.66. The molecule has 0 aliphatic carbocycles. The number of phenolic OH excluding ortho intramolecular Hbond substituents is 2. The summed E-state index contributed by atoms with van der Waals surface area (Å²) in [4.78, 5) is 0. The van der Waals surface area contributed by atoms with Gasteiger partial charge in [0.05, 0.1) is 0 Å². The van der Waals surface area contributed by atoms with Crippen LogP contribution in [0.4, 0.5) is 0 Å². The number of benzene rings is 1. The fourth-order valence-electron chi connectivity index (χ4n) is 1.29. The first-order valence-electron chi connectivity index (χ1n) is 4.66. The van der Waals surface area contributed by atoms with Crippen molar-refractivity contribution in [2.75, 3.05) is 0 Å². The summed E-state index contributed by atoms with van der Waals surface area (Å²) < 4.78 is 0. The molecule has 0 amide bonds. The van der Waals surface area contributed by atoms with Crippen LogP contribution in [0.1, 0.15) is 30.9 Å². The maximum Gasteiger partial charge on any atom is 0.119 e. The van der Waals surface area contributed by atoms with Crippen LogP contribution in [0.25, 0.3) is 0 Å². The Hall–Kier alpha value is -1.18. The van der Waals surface area contributed by atoms with Gasteiger partial charge in [-0.25, -0.2) is 0 Å². The Balaban J connectivity index is 2.88. The third-order valence-electron chi connectivity index (χ3n) is 2.20. The minimum Gasteiger partial charge on any atom is -0.508 e. The fraction of sp³-hybridized carbons (Fsp3) is 0.455. The lowest BCUT2D eigenvalue weighted by Crippen LogP contribution is -1.87. The van der Waals surface area contributed by atoms with E-state index in [1.807, 2.05) is 0 Å². The number of rotatable bonds is 3. The molecule has 0 spiro atoms. The largest absolute Gasteiger partial charge is 0.508 e. The summed E-state index contributed by atoms with van der Waals surface area (Å²) in [5, 5.41) is 18.9. The molecule has 0 aliphatic rings. The molecule has 0 bridgehead atoms. The number of aromatic hydroxyl groups is 2. The lowest BCUT2D eigenvalue weighted by molar-refractivity contribution is 0.450. The highest BCUT2D eigenvalue weighted by atomic mass is 16.3. The van der Waals surface area contributed by atoms with Crippen molar-refractivity contribution in [2.45, 2.75) is 33.1 Å². The number of phenols is 2. The van der Waals surface area contributed by atoms with E-state index in [4.69, 9.17) is 0 Å². The van der Waals surface area contributed by atoms with E-state index < -0.39 is 0 Å². The van der Waals surface area contributed by atoms with Gasteiger partial charge in [-0.2, -0.15) is 0 Å². The summed E-state index contributed by atoms with van der Waals surface area (Å²) in [6, 6.07) is 3.26. The molecule has 0 aromatic heterocycles. The quantitative estimate of drug-likeness (QED) is 0.702. The van der Waals surface area contributed by atoms with Crippen LogP contribution in [0, 0.1) is 6.92 Å². The second-order valence-electron chi connectivity index (χ2n) is 3.37. The molecule has 0 atom stereocenters. The molecule has 0 heterocycles. The first kappa shape index (κ1) is 9.90. The Morgan fingerprint density at radius 3 is 2.46 bits per heavy atom. The molecule has 0 saturated heterocycles. The molecule has 0 radical (unpaired) electrons. The van der Waals surface area contributed by atoms with Crippen LogP contribution < -0.4 is 0 Å². The van der Waals surface area contributed by atoms with Crippen molar-refractivity contribution >= 4 is 0 Å². The van der Waals surface area contributed by atoms with Crippen LogP contribution in [-0.4, -0.2) is 10.2 Å². The highest BCUT2D eigenvalue weighted by molar-refractivity contribution is 5.44. The third-order valence-corrected chi connectivity index (χ3v) is 2.20. The molecule has 1 aromatic rings. The Morgan fingerprint density at radius 2 is 1.85 bits per heavy atom. The standard InChI is InChI=1S/C11H16O2/c1-3-4-5-9-7-10(12)8(2)6-11(9)13/h6-7,12-13H,3-5H2,1-2H3. The Morgan fingerprint density at radius 1 is 1.15 bits per heavy atom. The maximum atomic E-state index is 9.53. The zero-order valence-corrected chi connectivity index (χ0v) is 8.17. The van der Waals surface area contributed by atoms with Gasteiger partial charge in [-0.1, -0.05) is 13.3 Å². The van der Waals surface area contributed by atoms with E-state index in [1.165, 1.54) is 0 Å². The van der Waals surface area contributed by atoms with Crippen LogP contribution in [0.2, 0.25) is 0 Å². The van der Waals surface area contributed by atoms with Crippen molar-refractivity contribution < 1.29 is 10.2 Å². The fourth-order valence-corrected chi connectivity index (χ4v) is 1.29. The third kappa shape index (κ3) is 2.38. The van der Waals surface area contributed by atoms with Gasteiger partial charge in [-0.15, -0.1) is 0 Å². The van der Waals surface area contributed by atoms with Gasteiger partial charge < -0.3 is 10.2 Å². The molecule has 2 nitrogen and oxygen atoms in total. The van der Waals surface area contributed by atoms with Gasteiger partial charge in [0.15, 0.2) is 0 Å². The van der Waals surface area contributed by atoms with Crippen molar-refractivity contribution in [3.05, 3.63) is 23.3 Å². The van der Waals surface area contributed by atoms with E-state index >= 15 is 0 Å². The molecular formula is C11H16O2. The topological polar surface area (TPSA) is 40.5 Å². The minimum atomic E-state index is 0.268. The van der Waals surface area contributed by atoms with E-state index in [0.717, 1.165) is 30.4 Å². The first-order chi connectivity index (χ1) is 6.15. The number of unbranched alkanes of at least 4 members (excludes halogenated alkanes) is 1. The minimum absolute atomic E-state index is 0.268. The van der Waals surface area contributed by atoms with E-state index in [2.05, 4.69) is 6.92 Å². The normalized spacial score (nSPS) is 10.3. The van der Waals surface area contributed by atoms with E-state index in [-0.39, 0.29) is 5.75 Å². The van der Waals surface area contributed by atoms with Gasteiger partial charge in [0.25, 0.3) is 0 Å². The molecule has 2 heteroatoms. The van der Waals surface area contributed by atoms with Gasteiger partial charge in [0.1, 0.15) is 11.5 Å². The van der Waals surface area contributed by atoms with Gasteiger partial charge in [-0.3, -0.25) is 0 Å². The second-order valence-corrected chi connectivity index (χ2v) is 3.37. The summed E-state index contributed by atoms with van der Waals surface area (Å²) in [5.41, 5.74) is 1.56. The highest BCUT2D eigenvalue weighted by Gasteiger charge is 2.04. The predicted molar refractivity (Wildman–Crippen MR) is 53.1 cm³/mol. The second kappa shape index (κ2) is 4.17. The maximum absolute atomic E-state index is 9.53. The number of hydrogen-bond donors (Lipinski definition) is 2. The van der Waals surface area contributed by atoms with E-state index in [0.29, 0.717) is 5.75 Å². The summed E-state index contributed by atoms with van der Waals surface area (Å²) in [5.74, 6) is 0.563. The van der Waals surface area contributed by atoms with Crippen molar-refractivity contribution in [2.24, 2.45) is 0 Å². The zero-order chi connectivity index (χ0) is 9.84. The summed E-state index contributed by atoms with van der Waals surface area (Å²) >= 11 is 0. The van der Waals surface area contributed by atoms with Crippen LogP contribution in [-0.2, 0) is 6.42 Å². The molecule has 0 aliphatic heterocycles. The molecule has 72 valence electrons. The monoisotopic (exact) mass is 180 g/mol. The van der Waals surface area contributed by atoms with Crippen molar-refractivity contribution in [1.82, 2.24) is 0 Å². The smallest absolute Gasteiger partial charge is 0.119 e. The molecule has 1 rings (SSSR count). The van der Waals surface area contributed by atoms with Crippen LogP contribution in [0.3, 0.4) is 0 Å². The van der Waals surface area contributed by atoms with Crippen molar-refractivity contribution in [3.63, 3.8) is 0 Å². The summed E-state index contributed by atoms with van der Waals surface area (Å²) in [6.07, 6.45) is 2.96. The van der Waals surface area contributed by atoms with Crippen LogP contribution >= 0.6 is 0 Å². The van der Waals surface area contributed by atoms with Gasteiger partial charge >= 0.3 is 0 Å². The van der Waals surface area contributed by atoms with Crippen LogP contribution in [0.15, 0.2) is 12.1 Å². The molecule has 13 heavy (non-hydrogen) atoms. The van der Waals surface area contributed by atoms with Crippen molar-refractivity contribution in [1.29, 1.82) is 0 Å². The molecule has 0 fully saturated rings.